The van der Waals surface area contributed by atoms with Gasteiger partial charge in [-0.1, -0.05) is 0 Å². The van der Waals surface area contributed by atoms with Gasteiger partial charge in [-0.15, -0.1) is 0 Å². The SMILES string of the molecule is COc1ccc(C2(O)CCN(C(C)(C)C)CC2)nc1F. The number of aliphatic hydroxyl groups is 1. The van der Waals surface area contributed by atoms with Crippen LogP contribution in [-0.2, 0) is 5.60 Å². The number of pyridine rings is 1. The van der Waals surface area contributed by atoms with E-state index >= 15 is 0 Å². The van der Waals surface area contributed by atoms with Crippen molar-refractivity contribution in [1.82, 2.24) is 9.88 Å². The Hall–Kier alpha value is -1.20. The van der Waals surface area contributed by atoms with E-state index in [2.05, 4.69) is 30.7 Å². The number of hydrogen-bond acceptors (Lipinski definition) is 4. The third kappa shape index (κ3) is 2.94. The molecular weight excluding hydrogens is 259 g/mol. The molecule has 5 heteroatoms. The highest BCUT2D eigenvalue weighted by atomic mass is 19.1. The van der Waals surface area contributed by atoms with Crippen LogP contribution in [0.15, 0.2) is 12.1 Å². The van der Waals surface area contributed by atoms with Crippen LogP contribution in [0.2, 0.25) is 0 Å². The zero-order valence-corrected chi connectivity index (χ0v) is 12.6. The van der Waals surface area contributed by atoms with E-state index in [4.69, 9.17) is 4.74 Å². The maximum atomic E-state index is 13.7. The Kier molecular flexibility index (Phi) is 4.02. The molecule has 2 heterocycles. The van der Waals surface area contributed by atoms with Crippen LogP contribution in [0.4, 0.5) is 4.39 Å². The van der Waals surface area contributed by atoms with Crippen molar-refractivity contribution in [3.05, 3.63) is 23.8 Å². The predicted molar refractivity (Wildman–Crippen MR) is 75.2 cm³/mol. The van der Waals surface area contributed by atoms with Crippen LogP contribution in [0.25, 0.3) is 0 Å². The number of ether oxygens (including phenoxy) is 1. The van der Waals surface area contributed by atoms with Crippen molar-refractivity contribution < 1.29 is 14.2 Å². The lowest BCUT2D eigenvalue weighted by molar-refractivity contribution is -0.0494. The minimum Gasteiger partial charge on any atom is -0.492 e. The molecule has 1 aliphatic heterocycles. The molecule has 0 bridgehead atoms. The summed E-state index contributed by atoms with van der Waals surface area (Å²) in [4.78, 5) is 6.19. The number of piperidine rings is 1. The number of nitrogens with zero attached hydrogens (tertiary/aromatic N) is 2. The van der Waals surface area contributed by atoms with Crippen LogP contribution in [-0.4, -0.2) is 40.7 Å². The maximum Gasteiger partial charge on any atom is 0.255 e. The number of rotatable bonds is 2. The summed E-state index contributed by atoms with van der Waals surface area (Å²) in [5.74, 6) is -0.568. The Bertz CT molecular complexity index is 477. The lowest BCUT2D eigenvalue weighted by Crippen LogP contribution is -2.50. The van der Waals surface area contributed by atoms with Crippen LogP contribution in [0.3, 0.4) is 0 Å². The van der Waals surface area contributed by atoms with Crippen molar-refractivity contribution in [2.75, 3.05) is 20.2 Å². The first kappa shape index (κ1) is 15.2. The van der Waals surface area contributed by atoms with Gasteiger partial charge in [-0.3, -0.25) is 4.90 Å². The van der Waals surface area contributed by atoms with E-state index in [0.29, 0.717) is 18.5 Å². The van der Waals surface area contributed by atoms with E-state index in [9.17, 15) is 9.50 Å². The largest absolute Gasteiger partial charge is 0.492 e. The first-order chi connectivity index (χ1) is 9.26. The van der Waals surface area contributed by atoms with Gasteiger partial charge in [0.2, 0.25) is 0 Å². The van der Waals surface area contributed by atoms with Crippen molar-refractivity contribution >= 4 is 0 Å². The monoisotopic (exact) mass is 282 g/mol. The highest BCUT2D eigenvalue weighted by molar-refractivity contribution is 5.25. The molecule has 1 aliphatic rings. The van der Waals surface area contributed by atoms with Gasteiger partial charge < -0.3 is 9.84 Å². The van der Waals surface area contributed by atoms with Crippen LogP contribution in [0.5, 0.6) is 5.75 Å². The minimum atomic E-state index is -1.05. The van der Waals surface area contributed by atoms with Gasteiger partial charge >= 0.3 is 0 Å². The number of aromatic nitrogens is 1. The zero-order chi connectivity index (χ0) is 15.0. The average molecular weight is 282 g/mol. The normalized spacial score (nSPS) is 19.9. The first-order valence-electron chi connectivity index (χ1n) is 6.95. The Labute approximate surface area is 119 Å². The van der Waals surface area contributed by atoms with E-state index in [-0.39, 0.29) is 11.3 Å². The highest BCUT2D eigenvalue weighted by Gasteiger charge is 2.38. The molecule has 4 nitrogen and oxygen atoms in total. The van der Waals surface area contributed by atoms with Gasteiger partial charge in [0.25, 0.3) is 5.95 Å². The molecule has 2 rings (SSSR count). The Morgan fingerprint density at radius 1 is 1.30 bits per heavy atom. The quantitative estimate of drug-likeness (QED) is 0.846. The van der Waals surface area contributed by atoms with Crippen molar-refractivity contribution in [1.29, 1.82) is 0 Å². The third-order valence-electron chi connectivity index (χ3n) is 4.05. The molecule has 0 saturated carbocycles. The molecule has 1 saturated heterocycles. The van der Waals surface area contributed by atoms with Gasteiger partial charge in [-0.25, -0.2) is 4.98 Å². The van der Waals surface area contributed by atoms with Crippen molar-refractivity contribution in [3.8, 4) is 5.75 Å². The van der Waals surface area contributed by atoms with E-state index < -0.39 is 11.5 Å². The maximum absolute atomic E-state index is 13.7. The first-order valence-corrected chi connectivity index (χ1v) is 6.95. The molecule has 20 heavy (non-hydrogen) atoms. The summed E-state index contributed by atoms with van der Waals surface area (Å²) in [7, 11) is 1.40. The van der Waals surface area contributed by atoms with Gasteiger partial charge in [0, 0.05) is 18.6 Å². The molecule has 0 spiro atoms. The average Bonchev–Trinajstić information content (AvgIpc) is 2.38. The van der Waals surface area contributed by atoms with Crippen LogP contribution in [0.1, 0.15) is 39.3 Å². The Morgan fingerprint density at radius 3 is 2.35 bits per heavy atom. The molecule has 0 unspecified atom stereocenters. The summed E-state index contributed by atoms with van der Waals surface area (Å²) < 4.78 is 18.5. The fourth-order valence-electron chi connectivity index (χ4n) is 2.64. The second kappa shape index (κ2) is 5.30. The van der Waals surface area contributed by atoms with Gasteiger partial charge in [-0.05, 0) is 45.7 Å². The van der Waals surface area contributed by atoms with Crippen molar-refractivity contribution in [2.24, 2.45) is 0 Å². The van der Waals surface area contributed by atoms with Crippen molar-refractivity contribution in [2.45, 2.75) is 44.8 Å². The van der Waals surface area contributed by atoms with Crippen LogP contribution >= 0.6 is 0 Å². The van der Waals surface area contributed by atoms with Gasteiger partial charge in [0.1, 0.15) is 5.60 Å². The third-order valence-corrected chi connectivity index (χ3v) is 4.05. The lowest BCUT2D eigenvalue weighted by Gasteiger charge is -2.44. The summed E-state index contributed by atoms with van der Waals surface area (Å²) in [6.07, 6.45) is 1.12. The molecule has 0 aliphatic carbocycles. The van der Waals surface area contributed by atoms with E-state index in [1.165, 1.54) is 13.2 Å². The van der Waals surface area contributed by atoms with Gasteiger partial charge in [-0.2, -0.15) is 4.39 Å². The topological polar surface area (TPSA) is 45.6 Å². The van der Waals surface area contributed by atoms with Gasteiger partial charge in [0.15, 0.2) is 5.75 Å². The molecule has 0 atom stereocenters. The summed E-state index contributed by atoms with van der Waals surface area (Å²) in [6.45, 7) is 8.01. The van der Waals surface area contributed by atoms with E-state index in [0.717, 1.165) is 13.1 Å². The summed E-state index contributed by atoms with van der Waals surface area (Å²) in [5, 5.41) is 10.7. The number of likely N-dealkylation sites (tertiary alicyclic amines) is 1. The minimum absolute atomic E-state index is 0.0833. The van der Waals surface area contributed by atoms with Crippen LogP contribution < -0.4 is 4.74 Å². The number of halogens is 1. The molecule has 0 radical (unpaired) electrons. The second-order valence-electron chi connectivity index (χ2n) is 6.38. The Morgan fingerprint density at radius 2 is 1.90 bits per heavy atom. The highest BCUT2D eigenvalue weighted by Crippen LogP contribution is 2.34. The summed E-state index contributed by atoms with van der Waals surface area (Å²) in [5.41, 5.74) is -0.571. The fraction of sp³-hybridized carbons (Fsp3) is 0.667. The summed E-state index contributed by atoms with van der Waals surface area (Å²) in [6, 6.07) is 3.17. The number of hydrogen-bond donors (Lipinski definition) is 1. The smallest absolute Gasteiger partial charge is 0.255 e. The Balaban J connectivity index is 2.15. The molecule has 1 N–H and O–H groups in total. The molecule has 1 aromatic rings. The second-order valence-corrected chi connectivity index (χ2v) is 6.38. The zero-order valence-electron chi connectivity index (χ0n) is 12.6. The molecule has 1 fully saturated rings. The number of methoxy groups -OCH3 is 1. The predicted octanol–water partition coefficient (Wildman–Crippen LogP) is 2.31. The molecule has 112 valence electrons. The molecule has 0 amide bonds. The standard InChI is InChI=1S/C15H23FN2O2/c1-14(2,3)18-9-7-15(19,8-10-18)12-6-5-11(20-4)13(16)17-12/h5-6,19H,7-10H2,1-4H3. The lowest BCUT2D eigenvalue weighted by atomic mass is 9.86. The van der Waals surface area contributed by atoms with Gasteiger partial charge in [0.05, 0.1) is 12.8 Å². The van der Waals surface area contributed by atoms with Crippen molar-refractivity contribution in [3.63, 3.8) is 0 Å². The van der Waals surface area contributed by atoms with Crippen LogP contribution in [0, 0.1) is 5.95 Å². The molecule has 0 aromatic carbocycles. The molecular formula is C15H23FN2O2. The van der Waals surface area contributed by atoms with E-state index in [1.54, 1.807) is 6.07 Å². The fourth-order valence-corrected chi connectivity index (χ4v) is 2.64. The van der Waals surface area contributed by atoms with E-state index in [1.807, 2.05) is 0 Å². The summed E-state index contributed by atoms with van der Waals surface area (Å²) >= 11 is 0. The molecule has 1 aromatic heterocycles.